The fourth-order valence-electron chi connectivity index (χ4n) is 2.38. The molecular formula is C17H16N2O2S. The Balaban J connectivity index is 1.80. The molecule has 4 nitrogen and oxygen atoms in total. The molecule has 2 aromatic carbocycles. The van der Waals surface area contributed by atoms with Gasteiger partial charge in [0.2, 0.25) is 0 Å². The third-order valence-electron chi connectivity index (χ3n) is 3.55. The molecule has 22 heavy (non-hydrogen) atoms. The van der Waals surface area contributed by atoms with E-state index >= 15 is 0 Å². The molecule has 1 heterocycles. The van der Waals surface area contributed by atoms with Crippen LogP contribution in [0.15, 0.2) is 48.0 Å². The quantitative estimate of drug-likeness (QED) is 0.797. The Morgan fingerprint density at radius 2 is 2.09 bits per heavy atom. The predicted octanol–water partition coefficient (Wildman–Crippen LogP) is 3.80. The summed E-state index contributed by atoms with van der Waals surface area (Å²) >= 11 is 1.53. The third kappa shape index (κ3) is 2.80. The summed E-state index contributed by atoms with van der Waals surface area (Å²) in [7, 11) is 1.63. The topological polar surface area (TPSA) is 51.2 Å². The summed E-state index contributed by atoms with van der Waals surface area (Å²) in [4.78, 5) is 16.6. The zero-order chi connectivity index (χ0) is 15.5. The van der Waals surface area contributed by atoms with Gasteiger partial charge in [0.25, 0.3) is 5.91 Å². The second-order valence-corrected chi connectivity index (χ2v) is 5.86. The van der Waals surface area contributed by atoms with Crippen molar-refractivity contribution < 1.29 is 9.53 Å². The van der Waals surface area contributed by atoms with Crippen LogP contribution < -0.4 is 10.1 Å². The summed E-state index contributed by atoms with van der Waals surface area (Å²) in [5.41, 5.74) is 4.29. The monoisotopic (exact) mass is 312 g/mol. The number of thiazole rings is 1. The summed E-state index contributed by atoms with van der Waals surface area (Å²) in [6.45, 7) is 1.95. The maximum atomic E-state index is 12.4. The molecule has 3 rings (SSSR count). The van der Waals surface area contributed by atoms with Crippen molar-refractivity contribution in [2.75, 3.05) is 7.11 Å². The standard InChI is InChI=1S/C17H16N2O2S/c1-11(13-5-3-4-6-15(13)21-2)19-17(20)12-7-8-14-16(9-12)22-10-18-14/h3-11H,1-2H3,(H,19,20). The molecule has 0 radical (unpaired) electrons. The van der Waals surface area contributed by atoms with E-state index in [0.29, 0.717) is 5.56 Å². The minimum absolute atomic E-state index is 0.103. The van der Waals surface area contributed by atoms with Crippen molar-refractivity contribution in [2.24, 2.45) is 0 Å². The molecule has 1 aromatic heterocycles. The smallest absolute Gasteiger partial charge is 0.251 e. The first-order valence-corrected chi connectivity index (χ1v) is 7.84. The highest BCUT2D eigenvalue weighted by Crippen LogP contribution is 2.25. The maximum absolute atomic E-state index is 12.4. The molecule has 0 saturated carbocycles. The summed E-state index contributed by atoms with van der Waals surface area (Å²) < 4.78 is 6.35. The number of rotatable bonds is 4. The van der Waals surface area contributed by atoms with Gasteiger partial charge in [0.15, 0.2) is 0 Å². The highest BCUT2D eigenvalue weighted by Gasteiger charge is 2.15. The minimum Gasteiger partial charge on any atom is -0.496 e. The lowest BCUT2D eigenvalue weighted by molar-refractivity contribution is 0.0939. The van der Waals surface area contributed by atoms with E-state index in [1.54, 1.807) is 18.7 Å². The molecule has 0 aliphatic heterocycles. The number of hydrogen-bond acceptors (Lipinski definition) is 4. The van der Waals surface area contributed by atoms with Gasteiger partial charge in [-0.3, -0.25) is 4.79 Å². The van der Waals surface area contributed by atoms with Crippen LogP contribution in [0.1, 0.15) is 28.9 Å². The Morgan fingerprint density at radius 1 is 1.27 bits per heavy atom. The molecular weight excluding hydrogens is 296 g/mol. The van der Waals surface area contributed by atoms with Gasteiger partial charge >= 0.3 is 0 Å². The Kier molecular flexibility index (Phi) is 4.06. The first-order chi connectivity index (χ1) is 10.7. The van der Waals surface area contributed by atoms with Gasteiger partial charge in [-0.05, 0) is 31.2 Å². The molecule has 1 atom stereocenters. The zero-order valence-corrected chi connectivity index (χ0v) is 13.2. The fraction of sp³-hybridized carbons (Fsp3) is 0.176. The maximum Gasteiger partial charge on any atom is 0.251 e. The van der Waals surface area contributed by atoms with E-state index in [1.165, 1.54) is 11.3 Å². The fourth-order valence-corrected chi connectivity index (χ4v) is 3.09. The number of para-hydroxylation sites is 1. The van der Waals surface area contributed by atoms with Crippen LogP contribution >= 0.6 is 11.3 Å². The van der Waals surface area contributed by atoms with Crippen molar-refractivity contribution >= 4 is 27.5 Å². The average molecular weight is 312 g/mol. The number of ether oxygens (including phenoxy) is 1. The number of carbonyl (C=O) groups is 1. The average Bonchev–Trinajstić information content (AvgIpc) is 3.02. The van der Waals surface area contributed by atoms with Crippen LogP contribution in [0.25, 0.3) is 10.2 Å². The lowest BCUT2D eigenvalue weighted by Crippen LogP contribution is -2.26. The van der Waals surface area contributed by atoms with Gasteiger partial charge in [-0.1, -0.05) is 18.2 Å². The van der Waals surface area contributed by atoms with Gasteiger partial charge in [-0.15, -0.1) is 11.3 Å². The van der Waals surface area contributed by atoms with Gasteiger partial charge in [0.05, 0.1) is 28.9 Å². The third-order valence-corrected chi connectivity index (χ3v) is 4.34. The number of aromatic nitrogens is 1. The van der Waals surface area contributed by atoms with Crippen LogP contribution in [0.5, 0.6) is 5.75 Å². The molecule has 0 spiro atoms. The van der Waals surface area contributed by atoms with Crippen molar-refractivity contribution in [3.05, 3.63) is 59.1 Å². The first kappa shape index (κ1) is 14.5. The lowest BCUT2D eigenvalue weighted by atomic mass is 10.1. The molecule has 3 aromatic rings. The zero-order valence-electron chi connectivity index (χ0n) is 12.4. The molecule has 0 aliphatic rings. The molecule has 0 bridgehead atoms. The second kappa shape index (κ2) is 6.15. The normalized spacial score (nSPS) is 12.1. The number of methoxy groups -OCH3 is 1. The molecule has 1 amide bonds. The SMILES string of the molecule is COc1ccccc1C(C)NC(=O)c1ccc2ncsc2c1. The van der Waals surface area contributed by atoms with Crippen LogP contribution in [0, 0.1) is 0 Å². The molecule has 0 aliphatic carbocycles. The van der Waals surface area contributed by atoms with E-state index in [0.717, 1.165) is 21.5 Å². The van der Waals surface area contributed by atoms with Crippen molar-refractivity contribution in [1.82, 2.24) is 10.3 Å². The lowest BCUT2D eigenvalue weighted by Gasteiger charge is -2.17. The largest absolute Gasteiger partial charge is 0.496 e. The van der Waals surface area contributed by atoms with Gasteiger partial charge in [0.1, 0.15) is 5.75 Å². The Hall–Kier alpha value is -2.40. The van der Waals surface area contributed by atoms with Crippen molar-refractivity contribution in [2.45, 2.75) is 13.0 Å². The number of fused-ring (bicyclic) bond motifs is 1. The molecule has 1 unspecified atom stereocenters. The number of amides is 1. The summed E-state index contributed by atoms with van der Waals surface area (Å²) in [5.74, 6) is 0.668. The minimum atomic E-state index is -0.138. The molecule has 0 saturated heterocycles. The predicted molar refractivity (Wildman–Crippen MR) is 88.5 cm³/mol. The van der Waals surface area contributed by atoms with E-state index in [1.807, 2.05) is 43.3 Å². The summed E-state index contributed by atoms with van der Waals surface area (Å²) in [5, 5.41) is 3.01. The Morgan fingerprint density at radius 3 is 2.91 bits per heavy atom. The van der Waals surface area contributed by atoms with Crippen LogP contribution in [0.4, 0.5) is 0 Å². The number of nitrogens with one attached hydrogen (secondary N) is 1. The van der Waals surface area contributed by atoms with Crippen LogP contribution in [-0.2, 0) is 0 Å². The number of benzene rings is 2. The molecule has 112 valence electrons. The van der Waals surface area contributed by atoms with E-state index in [2.05, 4.69) is 10.3 Å². The van der Waals surface area contributed by atoms with Gasteiger partial charge < -0.3 is 10.1 Å². The van der Waals surface area contributed by atoms with Gasteiger partial charge in [-0.2, -0.15) is 0 Å². The van der Waals surface area contributed by atoms with Crippen molar-refractivity contribution in [1.29, 1.82) is 0 Å². The Labute approximate surface area is 132 Å². The summed E-state index contributed by atoms with van der Waals surface area (Å²) in [6, 6.07) is 13.1. The Bertz CT molecular complexity index is 813. The van der Waals surface area contributed by atoms with Crippen LogP contribution in [-0.4, -0.2) is 18.0 Å². The van der Waals surface area contributed by atoms with Crippen molar-refractivity contribution in [3.8, 4) is 5.75 Å². The summed E-state index contributed by atoms with van der Waals surface area (Å²) in [6.07, 6.45) is 0. The second-order valence-electron chi connectivity index (χ2n) is 4.97. The van der Waals surface area contributed by atoms with Crippen molar-refractivity contribution in [3.63, 3.8) is 0 Å². The number of hydrogen-bond donors (Lipinski definition) is 1. The number of nitrogens with zero attached hydrogens (tertiary/aromatic N) is 1. The molecule has 0 fully saturated rings. The molecule has 1 N–H and O–H groups in total. The van der Waals surface area contributed by atoms with E-state index in [9.17, 15) is 4.79 Å². The van der Waals surface area contributed by atoms with Crippen LogP contribution in [0.3, 0.4) is 0 Å². The van der Waals surface area contributed by atoms with Gasteiger partial charge in [0, 0.05) is 11.1 Å². The molecule has 5 heteroatoms. The van der Waals surface area contributed by atoms with E-state index in [4.69, 9.17) is 4.74 Å². The highest BCUT2D eigenvalue weighted by molar-refractivity contribution is 7.16. The van der Waals surface area contributed by atoms with Crippen LogP contribution in [0.2, 0.25) is 0 Å². The highest BCUT2D eigenvalue weighted by atomic mass is 32.1. The van der Waals surface area contributed by atoms with E-state index in [-0.39, 0.29) is 11.9 Å². The number of carbonyl (C=O) groups excluding carboxylic acids is 1. The van der Waals surface area contributed by atoms with Gasteiger partial charge in [-0.25, -0.2) is 4.98 Å². The first-order valence-electron chi connectivity index (χ1n) is 6.96. The van der Waals surface area contributed by atoms with E-state index < -0.39 is 0 Å².